The molecule has 0 spiro atoms. The van der Waals surface area contributed by atoms with Crippen LogP contribution in [0.1, 0.15) is 89.1 Å². The van der Waals surface area contributed by atoms with E-state index >= 15 is 0 Å². The topological polar surface area (TPSA) is 54.1 Å². The maximum absolute atomic E-state index is 6.79. The van der Waals surface area contributed by atoms with Gasteiger partial charge in [0.25, 0.3) is 0 Å². The number of ether oxygens (including phenoxy) is 2. The zero-order chi connectivity index (χ0) is 39.0. The normalized spacial score (nSPS) is 13.1. The molecule has 3 heterocycles. The largest absolute Gasteiger partial charge is 0.497 e. The second-order valence-electron chi connectivity index (χ2n) is 16.6. The van der Waals surface area contributed by atoms with E-state index in [0.717, 1.165) is 76.2 Å². The summed E-state index contributed by atoms with van der Waals surface area (Å²) in [5.41, 5.74) is 12.3. The predicted molar refractivity (Wildman–Crippen MR) is 229 cm³/mol. The van der Waals surface area contributed by atoms with E-state index in [4.69, 9.17) is 19.6 Å². The third-order valence-electron chi connectivity index (χ3n) is 11.4. The van der Waals surface area contributed by atoms with Crippen molar-refractivity contribution in [2.75, 3.05) is 7.11 Å². The van der Waals surface area contributed by atoms with Gasteiger partial charge in [0.15, 0.2) is 0 Å². The quantitative estimate of drug-likeness (QED) is 0.125. The van der Waals surface area contributed by atoms with Crippen molar-refractivity contribution in [1.82, 2.24) is 19.3 Å². The Bertz CT molecular complexity index is 2440. The predicted octanol–water partition coefficient (Wildman–Crippen LogP) is 12.9. The molecule has 55 heavy (non-hydrogen) atoms. The van der Waals surface area contributed by atoms with E-state index in [0.29, 0.717) is 11.8 Å². The van der Waals surface area contributed by atoms with E-state index in [-0.39, 0.29) is 5.41 Å². The second-order valence-corrected chi connectivity index (χ2v) is 16.6. The van der Waals surface area contributed by atoms with Crippen LogP contribution in [0.5, 0.6) is 17.2 Å². The first-order chi connectivity index (χ1) is 26.4. The number of para-hydroxylation sites is 1. The number of aromatic nitrogens is 4. The van der Waals surface area contributed by atoms with Crippen LogP contribution in [0, 0.1) is 25.7 Å². The van der Waals surface area contributed by atoms with Crippen LogP contribution in [0.15, 0.2) is 97.5 Å². The molecule has 3 aromatic heterocycles. The van der Waals surface area contributed by atoms with Crippen LogP contribution >= 0.6 is 0 Å². The molecule has 0 fully saturated rings. The lowest BCUT2D eigenvalue weighted by atomic mass is 9.82. The Kier molecular flexibility index (Phi) is 10.6. The van der Waals surface area contributed by atoms with Gasteiger partial charge in [-0.15, -0.1) is 0 Å². The molecule has 0 N–H and O–H groups in total. The zero-order valence-electron chi connectivity index (χ0n) is 34.3. The van der Waals surface area contributed by atoms with E-state index in [1.807, 2.05) is 16.8 Å². The first-order valence-corrected chi connectivity index (χ1v) is 19.9. The monoisotopic (exact) mass is 732 g/mol. The van der Waals surface area contributed by atoms with Crippen molar-refractivity contribution in [3.63, 3.8) is 0 Å². The molecule has 0 saturated heterocycles. The summed E-state index contributed by atoms with van der Waals surface area (Å²) in [6.45, 7) is 20.6. The van der Waals surface area contributed by atoms with Crippen molar-refractivity contribution in [2.24, 2.45) is 11.8 Å². The summed E-state index contributed by atoms with van der Waals surface area (Å²) in [5, 5.41) is 7.33. The standard InChI is InChI=1S/C49H56N4O2/c1-11-31(3)21-43-33(5)23-34(6)44(22-32(4)12-2)48(43)35-29-51-52(30-35)37-24-36(49(7,8)9)25-40(26-37)55-39-17-18-42-41-15-13-14-16-45(41)53(46(42)27-39)47-28-38(54-10)19-20-50-47/h13-20,23-32H,11-12,21-22H2,1-10H3. The number of benzene rings is 4. The number of pyridine rings is 1. The van der Waals surface area contributed by atoms with Crippen molar-refractivity contribution < 1.29 is 9.47 Å². The molecule has 0 aliphatic rings. The summed E-state index contributed by atoms with van der Waals surface area (Å²) in [6.07, 6.45) is 10.5. The smallest absolute Gasteiger partial charge is 0.141 e. The molecule has 0 radical (unpaired) electrons. The molecule has 7 rings (SSSR count). The molecule has 0 saturated carbocycles. The Balaban J connectivity index is 1.32. The highest BCUT2D eigenvalue weighted by atomic mass is 16.5. The van der Waals surface area contributed by atoms with Gasteiger partial charge in [-0.1, -0.05) is 85.6 Å². The fourth-order valence-corrected chi connectivity index (χ4v) is 7.78. The van der Waals surface area contributed by atoms with Crippen molar-refractivity contribution in [2.45, 2.75) is 93.4 Å². The van der Waals surface area contributed by atoms with Crippen LogP contribution in [0.4, 0.5) is 0 Å². The van der Waals surface area contributed by atoms with E-state index < -0.39 is 0 Å². The first-order valence-electron chi connectivity index (χ1n) is 19.9. The highest BCUT2D eigenvalue weighted by Crippen LogP contribution is 2.39. The number of methoxy groups -OCH3 is 1. The van der Waals surface area contributed by atoms with Crippen molar-refractivity contribution in [3.05, 3.63) is 125 Å². The second kappa shape index (κ2) is 15.4. The van der Waals surface area contributed by atoms with Crippen molar-refractivity contribution in [3.8, 4) is 39.9 Å². The zero-order valence-corrected chi connectivity index (χ0v) is 34.3. The van der Waals surface area contributed by atoms with Gasteiger partial charge in [0.05, 0.1) is 30.0 Å². The lowest BCUT2D eigenvalue weighted by Gasteiger charge is -2.23. The third kappa shape index (κ3) is 7.65. The third-order valence-corrected chi connectivity index (χ3v) is 11.4. The van der Waals surface area contributed by atoms with E-state index in [9.17, 15) is 0 Å². The van der Waals surface area contributed by atoms with Gasteiger partial charge in [-0.25, -0.2) is 9.67 Å². The van der Waals surface area contributed by atoms with Gasteiger partial charge in [0.1, 0.15) is 23.1 Å². The van der Waals surface area contributed by atoms with Gasteiger partial charge in [-0.2, -0.15) is 5.10 Å². The van der Waals surface area contributed by atoms with Crippen LogP contribution in [-0.4, -0.2) is 26.4 Å². The van der Waals surface area contributed by atoms with Gasteiger partial charge in [0.2, 0.25) is 0 Å². The summed E-state index contributed by atoms with van der Waals surface area (Å²) in [6, 6.07) is 27.5. The highest BCUT2D eigenvalue weighted by Gasteiger charge is 2.22. The SMILES string of the molecule is CCC(C)Cc1c(C)cc(C)c(CC(C)CC)c1-c1cnn(-c2cc(Oc3ccc4c5ccccc5n(-c5cc(OC)ccn5)c4c3)cc(C(C)(C)C)c2)c1. The average molecular weight is 733 g/mol. The minimum absolute atomic E-state index is 0.112. The molecule has 6 nitrogen and oxygen atoms in total. The molecule has 7 aromatic rings. The number of rotatable bonds is 12. The molecule has 0 amide bonds. The summed E-state index contributed by atoms with van der Waals surface area (Å²) < 4.78 is 16.6. The minimum Gasteiger partial charge on any atom is -0.497 e. The summed E-state index contributed by atoms with van der Waals surface area (Å²) in [4.78, 5) is 4.74. The summed E-state index contributed by atoms with van der Waals surface area (Å²) in [7, 11) is 1.68. The van der Waals surface area contributed by atoms with Gasteiger partial charge in [0, 0.05) is 46.9 Å². The number of hydrogen-bond donors (Lipinski definition) is 0. The van der Waals surface area contributed by atoms with Gasteiger partial charge in [-0.3, -0.25) is 4.57 Å². The Morgan fingerprint density at radius 3 is 2.09 bits per heavy atom. The molecule has 6 heteroatoms. The lowest BCUT2D eigenvalue weighted by molar-refractivity contribution is 0.414. The Morgan fingerprint density at radius 2 is 1.42 bits per heavy atom. The molecule has 2 atom stereocenters. The molecule has 0 bridgehead atoms. The van der Waals surface area contributed by atoms with E-state index in [1.54, 1.807) is 13.3 Å². The van der Waals surface area contributed by atoms with Gasteiger partial charge in [-0.05, 0) is 114 Å². The highest BCUT2D eigenvalue weighted by molar-refractivity contribution is 6.09. The van der Waals surface area contributed by atoms with E-state index in [2.05, 4.69) is 146 Å². The van der Waals surface area contributed by atoms with Crippen LogP contribution in [0.25, 0.3) is 44.4 Å². The van der Waals surface area contributed by atoms with E-state index in [1.165, 1.54) is 38.9 Å². The number of fused-ring (bicyclic) bond motifs is 3. The first kappa shape index (κ1) is 37.9. The molecule has 0 aliphatic heterocycles. The number of hydrogen-bond acceptors (Lipinski definition) is 4. The molecule has 2 unspecified atom stereocenters. The maximum atomic E-state index is 6.79. The van der Waals surface area contributed by atoms with Crippen LogP contribution in [-0.2, 0) is 18.3 Å². The fourth-order valence-electron chi connectivity index (χ4n) is 7.78. The number of nitrogens with zero attached hydrogens (tertiary/aromatic N) is 4. The van der Waals surface area contributed by atoms with Crippen molar-refractivity contribution >= 4 is 21.8 Å². The lowest BCUT2D eigenvalue weighted by Crippen LogP contribution is -2.12. The molecular formula is C49H56N4O2. The number of aryl methyl sites for hydroxylation is 2. The summed E-state index contributed by atoms with van der Waals surface area (Å²) >= 11 is 0. The molecule has 284 valence electrons. The van der Waals surface area contributed by atoms with Crippen molar-refractivity contribution in [1.29, 1.82) is 0 Å². The Morgan fingerprint density at radius 1 is 0.727 bits per heavy atom. The molecular weight excluding hydrogens is 677 g/mol. The van der Waals surface area contributed by atoms with Gasteiger partial charge >= 0.3 is 0 Å². The molecule has 0 aliphatic carbocycles. The fraction of sp³-hybridized carbons (Fsp3) is 0.347. The van der Waals surface area contributed by atoms with Gasteiger partial charge < -0.3 is 9.47 Å². The molecule has 4 aromatic carbocycles. The Hall–Kier alpha value is -5.36. The van der Waals surface area contributed by atoms with Crippen LogP contribution in [0.2, 0.25) is 0 Å². The Labute approximate surface area is 327 Å². The summed E-state index contributed by atoms with van der Waals surface area (Å²) in [5.74, 6) is 4.26. The minimum atomic E-state index is -0.112. The maximum Gasteiger partial charge on any atom is 0.141 e. The van der Waals surface area contributed by atoms with Crippen LogP contribution < -0.4 is 9.47 Å². The average Bonchev–Trinajstić information content (AvgIpc) is 3.79. The van der Waals surface area contributed by atoms with Crippen LogP contribution in [0.3, 0.4) is 0 Å².